The van der Waals surface area contributed by atoms with Gasteiger partial charge in [-0.2, -0.15) is 0 Å². The standard InChI is InChI=1S/C24H28O5/c1-3-28-21(25)23(22(26)29-4-2)17-11-16-20(23)24(27,18-12-7-5-8-13-18)19-14-9-6-10-15-19/h5-10,12-15,20,27H,3-4,11,16-17H2,1-2H3. The first-order valence-electron chi connectivity index (χ1n) is 10.2. The summed E-state index contributed by atoms with van der Waals surface area (Å²) in [4.78, 5) is 26.3. The molecule has 2 aromatic rings. The fraction of sp³-hybridized carbons (Fsp3) is 0.417. The highest BCUT2D eigenvalue weighted by Crippen LogP contribution is 2.55. The zero-order chi connectivity index (χ0) is 20.9. The molecular formula is C24H28O5. The summed E-state index contributed by atoms with van der Waals surface area (Å²) in [5, 5.41) is 12.2. The van der Waals surface area contributed by atoms with E-state index >= 15 is 0 Å². The lowest BCUT2D eigenvalue weighted by Gasteiger charge is -2.42. The molecule has 0 saturated heterocycles. The lowest BCUT2D eigenvalue weighted by molar-refractivity contribution is -0.182. The predicted molar refractivity (Wildman–Crippen MR) is 109 cm³/mol. The Morgan fingerprint density at radius 3 is 1.79 bits per heavy atom. The molecule has 1 aliphatic rings. The quantitative estimate of drug-likeness (QED) is 0.569. The first-order valence-corrected chi connectivity index (χ1v) is 10.2. The van der Waals surface area contributed by atoms with Gasteiger partial charge in [-0.1, -0.05) is 67.1 Å². The summed E-state index contributed by atoms with van der Waals surface area (Å²) in [7, 11) is 0. The minimum absolute atomic E-state index is 0.155. The Labute approximate surface area is 171 Å². The van der Waals surface area contributed by atoms with Crippen molar-refractivity contribution < 1.29 is 24.2 Å². The van der Waals surface area contributed by atoms with Crippen LogP contribution in [0.4, 0.5) is 0 Å². The molecule has 1 aliphatic carbocycles. The second-order valence-electron chi connectivity index (χ2n) is 7.36. The summed E-state index contributed by atoms with van der Waals surface area (Å²) in [5.41, 5.74) is -1.82. The summed E-state index contributed by atoms with van der Waals surface area (Å²) < 4.78 is 10.7. The number of carbonyl (C=O) groups is 2. The van der Waals surface area contributed by atoms with Gasteiger partial charge in [0.15, 0.2) is 5.41 Å². The Morgan fingerprint density at radius 1 is 0.931 bits per heavy atom. The van der Waals surface area contributed by atoms with E-state index < -0.39 is 28.9 Å². The Hall–Kier alpha value is -2.66. The van der Waals surface area contributed by atoms with Gasteiger partial charge in [-0.25, -0.2) is 0 Å². The van der Waals surface area contributed by atoms with Gasteiger partial charge in [0.1, 0.15) is 5.60 Å². The number of carbonyl (C=O) groups excluding carboxylic acids is 2. The van der Waals surface area contributed by atoms with Gasteiger partial charge in [0.05, 0.1) is 13.2 Å². The van der Waals surface area contributed by atoms with Gasteiger partial charge in [-0.3, -0.25) is 9.59 Å². The monoisotopic (exact) mass is 396 g/mol. The molecule has 0 spiro atoms. The lowest BCUT2D eigenvalue weighted by atomic mass is 9.64. The molecule has 29 heavy (non-hydrogen) atoms. The molecule has 3 rings (SSSR count). The maximum Gasteiger partial charge on any atom is 0.323 e. The Morgan fingerprint density at radius 2 is 1.38 bits per heavy atom. The first-order chi connectivity index (χ1) is 14.0. The fourth-order valence-corrected chi connectivity index (χ4v) is 4.62. The molecule has 1 atom stereocenters. The number of hydrogen-bond acceptors (Lipinski definition) is 5. The molecule has 5 nitrogen and oxygen atoms in total. The van der Waals surface area contributed by atoms with Crippen LogP contribution in [0.15, 0.2) is 60.7 Å². The van der Waals surface area contributed by atoms with Crippen molar-refractivity contribution in [2.45, 2.75) is 38.7 Å². The third kappa shape index (κ3) is 3.55. The average molecular weight is 396 g/mol. The minimum Gasteiger partial charge on any atom is -0.465 e. The third-order valence-electron chi connectivity index (χ3n) is 5.87. The maximum absolute atomic E-state index is 13.2. The van der Waals surface area contributed by atoms with Crippen molar-refractivity contribution in [2.24, 2.45) is 11.3 Å². The molecule has 0 radical (unpaired) electrons. The lowest BCUT2D eigenvalue weighted by Crippen LogP contribution is -2.53. The number of aliphatic hydroxyl groups is 1. The molecule has 0 amide bonds. The number of hydrogen-bond donors (Lipinski definition) is 1. The normalized spacial score (nSPS) is 18.2. The molecule has 1 saturated carbocycles. The van der Waals surface area contributed by atoms with Crippen molar-refractivity contribution in [3.63, 3.8) is 0 Å². The van der Waals surface area contributed by atoms with Crippen molar-refractivity contribution in [1.82, 2.24) is 0 Å². The van der Waals surface area contributed by atoms with Crippen LogP contribution in [0.2, 0.25) is 0 Å². The van der Waals surface area contributed by atoms with Crippen LogP contribution in [0.1, 0.15) is 44.2 Å². The van der Waals surface area contributed by atoms with Crippen molar-refractivity contribution in [2.75, 3.05) is 13.2 Å². The summed E-state index contributed by atoms with van der Waals surface area (Å²) >= 11 is 0. The highest BCUT2D eigenvalue weighted by atomic mass is 16.6. The van der Waals surface area contributed by atoms with Gasteiger partial charge in [0.2, 0.25) is 0 Å². The SMILES string of the molecule is CCOC(=O)C1(C(=O)OCC)CCCC1C(O)(c1ccccc1)c1ccccc1. The predicted octanol–water partition coefficient (Wildman–Crippen LogP) is 3.84. The zero-order valence-corrected chi connectivity index (χ0v) is 17.0. The molecule has 0 heterocycles. The second-order valence-corrected chi connectivity index (χ2v) is 7.36. The van der Waals surface area contributed by atoms with Gasteiger partial charge >= 0.3 is 11.9 Å². The van der Waals surface area contributed by atoms with E-state index in [4.69, 9.17) is 9.47 Å². The summed E-state index contributed by atoms with van der Waals surface area (Å²) in [5.74, 6) is -1.95. The molecule has 0 aromatic heterocycles. The van der Waals surface area contributed by atoms with Crippen molar-refractivity contribution >= 4 is 11.9 Å². The van der Waals surface area contributed by atoms with E-state index in [9.17, 15) is 14.7 Å². The van der Waals surface area contributed by atoms with Gasteiger partial charge < -0.3 is 14.6 Å². The van der Waals surface area contributed by atoms with Crippen LogP contribution < -0.4 is 0 Å². The van der Waals surface area contributed by atoms with Crippen LogP contribution in [0.25, 0.3) is 0 Å². The van der Waals surface area contributed by atoms with Crippen LogP contribution in [0.5, 0.6) is 0 Å². The molecule has 2 aromatic carbocycles. The number of benzene rings is 2. The van der Waals surface area contributed by atoms with Crippen LogP contribution in [-0.2, 0) is 24.7 Å². The van der Waals surface area contributed by atoms with Crippen molar-refractivity contribution in [1.29, 1.82) is 0 Å². The van der Waals surface area contributed by atoms with Crippen LogP contribution >= 0.6 is 0 Å². The van der Waals surface area contributed by atoms with Gasteiger partial charge in [-0.15, -0.1) is 0 Å². The van der Waals surface area contributed by atoms with Crippen LogP contribution in [-0.4, -0.2) is 30.3 Å². The topological polar surface area (TPSA) is 72.8 Å². The first kappa shape index (κ1) is 21.1. The van der Waals surface area contributed by atoms with E-state index in [0.29, 0.717) is 24.0 Å². The molecule has 0 aliphatic heterocycles. The van der Waals surface area contributed by atoms with Crippen molar-refractivity contribution in [3.8, 4) is 0 Å². The number of ether oxygens (including phenoxy) is 2. The Balaban J connectivity index is 2.22. The number of rotatable bonds is 7. The van der Waals surface area contributed by atoms with Gasteiger partial charge in [-0.05, 0) is 37.8 Å². The van der Waals surface area contributed by atoms with E-state index in [-0.39, 0.29) is 19.6 Å². The van der Waals surface area contributed by atoms with Gasteiger partial charge in [0, 0.05) is 5.92 Å². The van der Waals surface area contributed by atoms with Crippen LogP contribution in [0.3, 0.4) is 0 Å². The fourth-order valence-electron chi connectivity index (χ4n) is 4.62. The Bertz CT molecular complexity index is 773. The highest BCUT2D eigenvalue weighted by molar-refractivity contribution is 6.01. The molecule has 154 valence electrons. The Kier molecular flexibility index (Phi) is 6.38. The third-order valence-corrected chi connectivity index (χ3v) is 5.87. The molecule has 5 heteroatoms. The minimum atomic E-state index is -1.55. The van der Waals surface area contributed by atoms with Gasteiger partial charge in [0.25, 0.3) is 0 Å². The second kappa shape index (κ2) is 8.78. The van der Waals surface area contributed by atoms with Crippen molar-refractivity contribution in [3.05, 3.63) is 71.8 Å². The largest absolute Gasteiger partial charge is 0.465 e. The molecule has 1 N–H and O–H groups in total. The van der Waals surface area contributed by atoms with E-state index in [1.54, 1.807) is 13.8 Å². The molecule has 1 unspecified atom stereocenters. The number of esters is 2. The smallest absolute Gasteiger partial charge is 0.323 e. The van der Waals surface area contributed by atoms with E-state index in [1.165, 1.54) is 0 Å². The molecule has 1 fully saturated rings. The summed E-state index contributed by atoms with van der Waals surface area (Å²) in [6.45, 7) is 3.73. The summed E-state index contributed by atoms with van der Waals surface area (Å²) in [6.07, 6.45) is 1.40. The molecule has 0 bridgehead atoms. The average Bonchev–Trinajstić information content (AvgIpc) is 3.22. The van der Waals surface area contributed by atoms with E-state index in [1.807, 2.05) is 60.7 Å². The van der Waals surface area contributed by atoms with Crippen LogP contribution in [0, 0.1) is 11.3 Å². The summed E-state index contributed by atoms with van der Waals surface area (Å²) in [6, 6.07) is 18.4. The zero-order valence-electron chi connectivity index (χ0n) is 17.0. The van der Waals surface area contributed by atoms with E-state index in [0.717, 1.165) is 0 Å². The van der Waals surface area contributed by atoms with E-state index in [2.05, 4.69) is 0 Å². The highest BCUT2D eigenvalue weighted by Gasteiger charge is 2.64. The maximum atomic E-state index is 13.2. The molecular weight excluding hydrogens is 368 g/mol.